The predicted molar refractivity (Wildman–Crippen MR) is 117 cm³/mol. The van der Waals surface area contributed by atoms with Gasteiger partial charge in [-0.15, -0.1) is 0 Å². The Morgan fingerprint density at radius 1 is 0.821 bits per heavy atom. The first-order valence-electron chi connectivity index (χ1n) is 10.9. The van der Waals surface area contributed by atoms with Gasteiger partial charge < -0.3 is 0 Å². The number of aromatic amines is 2. The Kier molecular flexibility index (Phi) is 11.6. The minimum Gasteiger partial charge on any atom is -0.291 e. The summed E-state index contributed by atoms with van der Waals surface area (Å²) in [5, 5.41) is 13.7. The third-order valence-corrected chi connectivity index (χ3v) is 5.00. The molecule has 0 aliphatic rings. The minimum atomic E-state index is 0.444. The molecule has 2 N–H and O–H groups in total. The number of H-pyrrole nitrogens is 2. The summed E-state index contributed by atoms with van der Waals surface area (Å²) < 4.78 is 0. The fraction of sp³-hybridized carbons (Fsp3) is 0.636. The molecule has 0 bridgehead atoms. The highest BCUT2D eigenvalue weighted by Gasteiger charge is 2.03. The summed E-state index contributed by atoms with van der Waals surface area (Å²) in [6.45, 7) is 3.14. The van der Waals surface area contributed by atoms with Crippen molar-refractivity contribution in [2.45, 2.75) is 83.6 Å². The van der Waals surface area contributed by atoms with Gasteiger partial charge in [0, 0.05) is 37.4 Å². The van der Waals surface area contributed by atoms with Crippen molar-refractivity contribution in [2.75, 3.05) is 6.54 Å². The van der Waals surface area contributed by atoms with Gasteiger partial charge in [0.15, 0.2) is 0 Å². The zero-order chi connectivity index (χ0) is 19.7. The number of hydrogen-bond acceptors (Lipinski definition) is 4. The lowest BCUT2D eigenvalue weighted by Crippen LogP contribution is -2.03. The van der Waals surface area contributed by atoms with Gasteiger partial charge in [-0.3, -0.25) is 20.2 Å². The quantitative estimate of drug-likeness (QED) is 0.302. The van der Waals surface area contributed by atoms with Gasteiger partial charge in [-0.05, 0) is 31.4 Å². The van der Waals surface area contributed by atoms with Crippen LogP contribution in [0, 0.1) is 0 Å². The maximum Gasteiger partial charge on any atom is 0.0756 e. The van der Waals surface area contributed by atoms with Crippen LogP contribution >= 0.6 is 0 Å². The molecule has 0 fully saturated rings. The molecule has 1 atom stereocenters. The number of aliphatic imine (C=N–C) groups is 2. The van der Waals surface area contributed by atoms with Gasteiger partial charge in [0.1, 0.15) is 0 Å². The molecule has 2 heterocycles. The van der Waals surface area contributed by atoms with Gasteiger partial charge in [-0.1, -0.05) is 58.3 Å². The summed E-state index contributed by atoms with van der Waals surface area (Å²) in [5.41, 5.74) is 1.97. The zero-order valence-corrected chi connectivity index (χ0v) is 17.3. The van der Waals surface area contributed by atoms with E-state index in [0.29, 0.717) is 6.04 Å². The second kappa shape index (κ2) is 14.8. The summed E-state index contributed by atoms with van der Waals surface area (Å²) in [6.07, 6.45) is 21.5. The largest absolute Gasteiger partial charge is 0.291 e. The van der Waals surface area contributed by atoms with E-state index < -0.39 is 0 Å². The van der Waals surface area contributed by atoms with E-state index in [1.165, 1.54) is 64.2 Å². The SMILES string of the molecule is CCC(CCCCCCCCCCCN=Cc1ccn[nH]1)N=Cc1ccn[nH]1. The van der Waals surface area contributed by atoms with Crippen LogP contribution in [0.4, 0.5) is 0 Å². The topological polar surface area (TPSA) is 82.1 Å². The standard InChI is InChI=1S/C22H36N6/c1-2-20(24-19-22-14-17-26-28-22)12-10-8-6-4-3-5-7-9-11-15-23-18-21-13-16-25-27-21/h13-14,16-20H,2-12,15H2,1H3,(H,25,27)(H,26,28). The summed E-state index contributed by atoms with van der Waals surface area (Å²) in [6, 6.07) is 4.32. The molecule has 6 nitrogen and oxygen atoms in total. The monoisotopic (exact) mass is 384 g/mol. The van der Waals surface area contributed by atoms with E-state index in [1.807, 2.05) is 24.6 Å². The molecule has 2 rings (SSSR count). The maximum absolute atomic E-state index is 4.68. The summed E-state index contributed by atoms with van der Waals surface area (Å²) in [7, 11) is 0. The highest BCUT2D eigenvalue weighted by Crippen LogP contribution is 2.14. The second-order valence-electron chi connectivity index (χ2n) is 7.37. The molecule has 0 amide bonds. The van der Waals surface area contributed by atoms with Crippen molar-refractivity contribution in [1.29, 1.82) is 0 Å². The van der Waals surface area contributed by atoms with Gasteiger partial charge in [0.2, 0.25) is 0 Å². The lowest BCUT2D eigenvalue weighted by Gasteiger charge is -2.09. The minimum absolute atomic E-state index is 0.444. The molecular formula is C22H36N6. The van der Waals surface area contributed by atoms with Crippen LogP contribution in [0.2, 0.25) is 0 Å². The molecule has 0 spiro atoms. The Balaban J connectivity index is 1.36. The lowest BCUT2D eigenvalue weighted by atomic mass is 10.0. The average molecular weight is 385 g/mol. The Bertz CT molecular complexity index is 630. The van der Waals surface area contributed by atoms with Crippen molar-refractivity contribution in [3.05, 3.63) is 35.9 Å². The van der Waals surface area contributed by atoms with E-state index in [1.54, 1.807) is 12.4 Å². The van der Waals surface area contributed by atoms with Crippen molar-refractivity contribution in [1.82, 2.24) is 20.4 Å². The normalized spacial score (nSPS) is 13.0. The van der Waals surface area contributed by atoms with Crippen LogP contribution in [0.1, 0.15) is 88.9 Å². The molecule has 0 radical (unpaired) electrons. The Labute approximate surface area is 169 Å². The van der Waals surface area contributed by atoms with Gasteiger partial charge in [-0.25, -0.2) is 0 Å². The molecule has 28 heavy (non-hydrogen) atoms. The molecule has 6 heteroatoms. The Morgan fingerprint density at radius 2 is 1.39 bits per heavy atom. The predicted octanol–water partition coefficient (Wildman–Crippen LogP) is 5.35. The van der Waals surface area contributed by atoms with Crippen molar-refractivity contribution < 1.29 is 0 Å². The van der Waals surface area contributed by atoms with E-state index in [0.717, 1.165) is 24.4 Å². The maximum atomic E-state index is 4.68. The van der Waals surface area contributed by atoms with Crippen LogP contribution < -0.4 is 0 Å². The van der Waals surface area contributed by atoms with Crippen molar-refractivity contribution in [3.8, 4) is 0 Å². The Hall–Kier alpha value is -2.24. The Morgan fingerprint density at radius 3 is 1.96 bits per heavy atom. The highest BCUT2D eigenvalue weighted by atomic mass is 15.1. The van der Waals surface area contributed by atoms with Gasteiger partial charge >= 0.3 is 0 Å². The van der Waals surface area contributed by atoms with Crippen LogP contribution in [0.5, 0.6) is 0 Å². The first-order chi connectivity index (χ1) is 13.9. The van der Waals surface area contributed by atoms with Gasteiger partial charge in [0.25, 0.3) is 0 Å². The van der Waals surface area contributed by atoms with E-state index >= 15 is 0 Å². The molecule has 0 saturated heterocycles. The van der Waals surface area contributed by atoms with Gasteiger partial charge in [0.05, 0.1) is 11.4 Å². The fourth-order valence-electron chi connectivity index (χ4n) is 3.23. The second-order valence-corrected chi connectivity index (χ2v) is 7.37. The zero-order valence-electron chi connectivity index (χ0n) is 17.3. The summed E-state index contributed by atoms with van der Waals surface area (Å²) in [5.74, 6) is 0. The summed E-state index contributed by atoms with van der Waals surface area (Å²) >= 11 is 0. The molecular weight excluding hydrogens is 348 g/mol. The molecule has 0 saturated carbocycles. The van der Waals surface area contributed by atoms with Gasteiger partial charge in [-0.2, -0.15) is 10.2 Å². The third-order valence-electron chi connectivity index (χ3n) is 5.00. The lowest BCUT2D eigenvalue weighted by molar-refractivity contribution is 0.518. The number of aromatic nitrogens is 4. The van der Waals surface area contributed by atoms with Crippen LogP contribution in [-0.2, 0) is 0 Å². The van der Waals surface area contributed by atoms with E-state index in [4.69, 9.17) is 0 Å². The third kappa shape index (κ3) is 10.2. The van der Waals surface area contributed by atoms with Crippen LogP contribution in [0.15, 0.2) is 34.5 Å². The smallest absolute Gasteiger partial charge is 0.0756 e. The first-order valence-corrected chi connectivity index (χ1v) is 10.9. The fourth-order valence-corrected chi connectivity index (χ4v) is 3.23. The molecule has 2 aromatic heterocycles. The average Bonchev–Trinajstić information content (AvgIpc) is 3.42. The highest BCUT2D eigenvalue weighted by molar-refractivity contribution is 5.76. The van der Waals surface area contributed by atoms with Crippen LogP contribution in [-0.4, -0.2) is 45.4 Å². The molecule has 154 valence electrons. The number of nitrogens with one attached hydrogen (secondary N) is 2. The molecule has 1 unspecified atom stereocenters. The van der Waals surface area contributed by atoms with E-state index in [2.05, 4.69) is 37.3 Å². The van der Waals surface area contributed by atoms with Crippen molar-refractivity contribution in [3.63, 3.8) is 0 Å². The summed E-state index contributed by atoms with van der Waals surface area (Å²) in [4.78, 5) is 9.10. The van der Waals surface area contributed by atoms with Crippen molar-refractivity contribution >= 4 is 12.4 Å². The van der Waals surface area contributed by atoms with Crippen molar-refractivity contribution in [2.24, 2.45) is 9.98 Å². The number of rotatable bonds is 16. The number of unbranched alkanes of at least 4 members (excludes halogenated alkanes) is 8. The molecule has 0 aromatic carbocycles. The number of hydrogen-bond donors (Lipinski definition) is 2. The molecule has 2 aromatic rings. The van der Waals surface area contributed by atoms with Crippen LogP contribution in [0.3, 0.4) is 0 Å². The van der Waals surface area contributed by atoms with E-state index in [-0.39, 0.29) is 0 Å². The molecule has 0 aliphatic heterocycles. The van der Waals surface area contributed by atoms with Crippen LogP contribution in [0.25, 0.3) is 0 Å². The van der Waals surface area contributed by atoms with E-state index in [9.17, 15) is 0 Å². The number of nitrogens with zero attached hydrogens (tertiary/aromatic N) is 4. The molecule has 0 aliphatic carbocycles. The first kappa shape index (κ1) is 22.1.